The van der Waals surface area contributed by atoms with Crippen molar-refractivity contribution in [1.82, 2.24) is 5.32 Å². The number of ether oxygens (including phenoxy) is 2. The normalized spacial score (nSPS) is 17.8. The highest BCUT2D eigenvalue weighted by molar-refractivity contribution is 7.99. The zero-order valence-corrected chi connectivity index (χ0v) is 14.0. The van der Waals surface area contributed by atoms with Crippen LogP contribution in [0.2, 0.25) is 0 Å². The van der Waals surface area contributed by atoms with E-state index < -0.39 is 0 Å². The van der Waals surface area contributed by atoms with Gasteiger partial charge in [-0.3, -0.25) is 0 Å². The monoisotopic (exact) mass is 307 g/mol. The molecule has 1 unspecified atom stereocenters. The molecule has 2 rings (SSSR count). The molecule has 1 fully saturated rings. The van der Waals surface area contributed by atoms with E-state index in [0.717, 1.165) is 40.7 Å². The zero-order valence-electron chi connectivity index (χ0n) is 13.2. The van der Waals surface area contributed by atoms with Crippen LogP contribution in [-0.4, -0.2) is 32.6 Å². The summed E-state index contributed by atoms with van der Waals surface area (Å²) in [6, 6.07) is 4.77. The highest BCUT2D eigenvalue weighted by Crippen LogP contribution is 2.37. The lowest BCUT2D eigenvalue weighted by Gasteiger charge is -2.17. The van der Waals surface area contributed by atoms with Gasteiger partial charge in [-0.1, -0.05) is 12.2 Å². The van der Waals surface area contributed by atoms with Crippen LogP contribution in [0.4, 0.5) is 0 Å². The summed E-state index contributed by atoms with van der Waals surface area (Å²) in [7, 11) is 3.46. The van der Waals surface area contributed by atoms with Crippen LogP contribution < -0.4 is 14.8 Å². The Morgan fingerprint density at radius 1 is 1.33 bits per heavy atom. The molecule has 0 spiro atoms. The largest absolute Gasteiger partial charge is 0.496 e. The predicted molar refractivity (Wildman–Crippen MR) is 89.8 cm³/mol. The molecule has 1 aromatic rings. The van der Waals surface area contributed by atoms with Crippen molar-refractivity contribution in [2.45, 2.75) is 37.1 Å². The molecule has 1 aliphatic heterocycles. The Balaban J connectivity index is 2.21. The molecule has 0 radical (unpaired) electrons. The smallest absolute Gasteiger partial charge is 0.132 e. The number of rotatable bonds is 7. The molecule has 4 heteroatoms. The maximum atomic E-state index is 5.58. The van der Waals surface area contributed by atoms with Crippen molar-refractivity contribution in [1.29, 1.82) is 0 Å². The summed E-state index contributed by atoms with van der Waals surface area (Å²) < 4.78 is 11.1. The molecular weight excluding hydrogens is 282 g/mol. The lowest BCUT2D eigenvalue weighted by atomic mass is 10.0. The summed E-state index contributed by atoms with van der Waals surface area (Å²) in [5.74, 6) is 2.77. The molecular formula is C17H25NO2S. The lowest BCUT2D eigenvalue weighted by molar-refractivity contribution is 0.388. The van der Waals surface area contributed by atoms with Crippen LogP contribution in [0, 0.1) is 0 Å². The fourth-order valence-corrected chi connectivity index (χ4v) is 3.48. The van der Waals surface area contributed by atoms with Crippen LogP contribution in [-0.2, 0) is 6.42 Å². The van der Waals surface area contributed by atoms with Crippen molar-refractivity contribution in [3.63, 3.8) is 0 Å². The predicted octanol–water partition coefficient (Wildman–Crippen LogP) is 3.67. The first kappa shape index (κ1) is 16.2. The molecule has 1 aliphatic rings. The van der Waals surface area contributed by atoms with E-state index in [1.54, 1.807) is 26.0 Å². The minimum atomic E-state index is 0.553. The molecule has 1 N–H and O–H groups in total. The van der Waals surface area contributed by atoms with Gasteiger partial charge < -0.3 is 14.8 Å². The molecule has 0 bridgehead atoms. The summed E-state index contributed by atoms with van der Waals surface area (Å²) in [4.78, 5) is 1.11. The van der Waals surface area contributed by atoms with Gasteiger partial charge in [0.2, 0.25) is 0 Å². The maximum Gasteiger partial charge on any atom is 0.132 e. The van der Waals surface area contributed by atoms with Crippen LogP contribution in [0.15, 0.2) is 29.2 Å². The number of thioether (sulfide) groups is 1. The Kier molecular flexibility index (Phi) is 6.00. The van der Waals surface area contributed by atoms with Crippen molar-refractivity contribution in [2.75, 3.05) is 26.5 Å². The molecule has 0 aromatic heterocycles. The first-order valence-electron chi connectivity index (χ1n) is 7.39. The van der Waals surface area contributed by atoms with Crippen LogP contribution >= 0.6 is 11.8 Å². The number of methoxy groups -OCH3 is 2. The Hall–Kier alpha value is -1.13. The molecule has 1 heterocycles. The minimum absolute atomic E-state index is 0.553. The molecule has 0 amide bonds. The molecule has 0 saturated carbocycles. The van der Waals surface area contributed by atoms with Gasteiger partial charge in [-0.2, -0.15) is 0 Å². The van der Waals surface area contributed by atoms with Crippen molar-refractivity contribution in [2.24, 2.45) is 0 Å². The average Bonchev–Trinajstić information content (AvgIpc) is 2.98. The third-order valence-electron chi connectivity index (χ3n) is 3.67. The van der Waals surface area contributed by atoms with Crippen LogP contribution in [0.1, 0.15) is 25.3 Å². The molecule has 1 saturated heterocycles. The quantitative estimate of drug-likeness (QED) is 0.615. The van der Waals surface area contributed by atoms with E-state index in [2.05, 4.69) is 24.0 Å². The molecule has 1 atom stereocenters. The van der Waals surface area contributed by atoms with Gasteiger partial charge in [0.05, 0.1) is 19.1 Å². The van der Waals surface area contributed by atoms with Gasteiger partial charge in [0.25, 0.3) is 0 Å². The molecule has 21 heavy (non-hydrogen) atoms. The fourth-order valence-electron chi connectivity index (χ4n) is 2.60. The molecule has 0 aliphatic carbocycles. The topological polar surface area (TPSA) is 30.5 Å². The Labute approximate surface area is 132 Å². The summed E-state index contributed by atoms with van der Waals surface area (Å²) in [5, 5.41) is 3.54. The highest BCUT2D eigenvalue weighted by Gasteiger charge is 2.18. The third-order valence-corrected chi connectivity index (χ3v) is 4.94. The number of hydrogen-bond donors (Lipinski definition) is 1. The van der Waals surface area contributed by atoms with E-state index in [0.29, 0.717) is 6.04 Å². The van der Waals surface area contributed by atoms with Gasteiger partial charge in [0.1, 0.15) is 11.5 Å². The van der Waals surface area contributed by atoms with E-state index in [-0.39, 0.29) is 0 Å². The number of hydrogen-bond acceptors (Lipinski definition) is 4. The van der Waals surface area contributed by atoms with E-state index in [1.807, 2.05) is 6.92 Å². The Morgan fingerprint density at radius 3 is 2.67 bits per heavy atom. The van der Waals surface area contributed by atoms with E-state index in [9.17, 15) is 0 Å². The summed E-state index contributed by atoms with van der Waals surface area (Å²) in [6.45, 7) is 7.11. The highest BCUT2D eigenvalue weighted by atomic mass is 32.2. The van der Waals surface area contributed by atoms with E-state index >= 15 is 0 Å². The van der Waals surface area contributed by atoms with Crippen LogP contribution in [0.25, 0.3) is 0 Å². The van der Waals surface area contributed by atoms with Crippen molar-refractivity contribution < 1.29 is 9.47 Å². The maximum absolute atomic E-state index is 5.58. The zero-order chi connectivity index (χ0) is 15.2. The summed E-state index contributed by atoms with van der Waals surface area (Å²) in [5.41, 5.74) is 2.37. The van der Waals surface area contributed by atoms with Gasteiger partial charge in [-0.25, -0.2) is 0 Å². The first-order chi connectivity index (χ1) is 10.1. The Bertz CT molecular complexity index is 496. The summed E-state index contributed by atoms with van der Waals surface area (Å²) >= 11 is 1.74. The lowest BCUT2D eigenvalue weighted by Crippen LogP contribution is -2.23. The van der Waals surface area contributed by atoms with Crippen LogP contribution in [0.5, 0.6) is 11.5 Å². The van der Waals surface area contributed by atoms with Crippen molar-refractivity contribution >= 4 is 11.8 Å². The second kappa shape index (κ2) is 7.76. The van der Waals surface area contributed by atoms with E-state index in [4.69, 9.17) is 9.47 Å². The standard InChI is InChI=1S/C17H25NO2S/c1-12(2)11-21-17-10-15(19-3)13(9-16(17)20-4)8-14-6-5-7-18-14/h9-10,14,18H,1,5-8,11H2,2-4H3. The van der Waals surface area contributed by atoms with Gasteiger partial charge in [-0.05, 0) is 50.4 Å². The van der Waals surface area contributed by atoms with Crippen LogP contribution in [0.3, 0.4) is 0 Å². The van der Waals surface area contributed by atoms with Gasteiger partial charge in [0.15, 0.2) is 0 Å². The third kappa shape index (κ3) is 4.42. The Morgan fingerprint density at radius 2 is 2.10 bits per heavy atom. The number of nitrogens with one attached hydrogen (secondary N) is 1. The SMILES string of the molecule is C=C(C)CSc1cc(OC)c(CC2CCCN2)cc1OC. The second-order valence-corrected chi connectivity index (χ2v) is 6.58. The van der Waals surface area contributed by atoms with Crippen molar-refractivity contribution in [3.05, 3.63) is 29.8 Å². The molecule has 3 nitrogen and oxygen atoms in total. The van der Waals surface area contributed by atoms with Gasteiger partial charge >= 0.3 is 0 Å². The average molecular weight is 307 g/mol. The second-order valence-electron chi connectivity index (χ2n) is 5.56. The minimum Gasteiger partial charge on any atom is -0.496 e. The van der Waals surface area contributed by atoms with Gasteiger partial charge in [0, 0.05) is 11.8 Å². The van der Waals surface area contributed by atoms with E-state index in [1.165, 1.54) is 18.4 Å². The van der Waals surface area contributed by atoms with Gasteiger partial charge in [-0.15, -0.1) is 11.8 Å². The summed E-state index contributed by atoms with van der Waals surface area (Å²) in [6.07, 6.45) is 3.49. The molecule has 116 valence electrons. The number of benzene rings is 1. The fraction of sp³-hybridized carbons (Fsp3) is 0.529. The molecule has 1 aromatic carbocycles. The first-order valence-corrected chi connectivity index (χ1v) is 8.38. The van der Waals surface area contributed by atoms with Crippen molar-refractivity contribution in [3.8, 4) is 11.5 Å².